The highest BCUT2D eigenvalue weighted by molar-refractivity contribution is 7.89. The molecule has 0 aromatic heterocycles. The van der Waals surface area contributed by atoms with Crippen molar-refractivity contribution >= 4 is 15.9 Å². The third-order valence-electron chi connectivity index (χ3n) is 5.72. The minimum absolute atomic E-state index is 0.0318. The highest BCUT2D eigenvalue weighted by atomic mass is 32.2. The van der Waals surface area contributed by atoms with Crippen LogP contribution in [0.15, 0.2) is 53.0 Å². The minimum Gasteiger partial charge on any atom is -0.497 e. The molecule has 0 heterocycles. The van der Waals surface area contributed by atoms with Gasteiger partial charge in [0.15, 0.2) is 0 Å². The van der Waals surface area contributed by atoms with Gasteiger partial charge >= 0.3 is 0 Å². The maximum Gasteiger partial charge on any atom is 0.240 e. The summed E-state index contributed by atoms with van der Waals surface area (Å²) in [7, 11) is -2.09. The molecule has 1 fully saturated rings. The maximum atomic E-state index is 13.2. The Labute approximate surface area is 177 Å². The Balaban J connectivity index is 1.49. The van der Waals surface area contributed by atoms with Crippen LogP contribution in [-0.4, -0.2) is 39.7 Å². The number of alkyl halides is 1. The predicted octanol–water partition coefficient (Wildman–Crippen LogP) is 3.26. The number of benzene rings is 1. The van der Waals surface area contributed by atoms with Gasteiger partial charge in [-0.3, -0.25) is 4.79 Å². The third kappa shape index (κ3) is 5.70. The number of nitrogens with one attached hydrogen (secondary N) is 2. The lowest BCUT2D eigenvalue weighted by Gasteiger charge is -2.29. The van der Waals surface area contributed by atoms with E-state index in [0.29, 0.717) is 37.9 Å². The van der Waals surface area contributed by atoms with Gasteiger partial charge in [-0.1, -0.05) is 18.2 Å². The Kier molecular flexibility index (Phi) is 7.31. The number of carbonyl (C=O) groups is 1. The molecule has 1 unspecified atom stereocenters. The molecule has 164 valence electrons. The van der Waals surface area contributed by atoms with Crippen molar-refractivity contribution in [2.45, 2.75) is 62.2 Å². The summed E-state index contributed by atoms with van der Waals surface area (Å²) in [6.45, 7) is 1.89. The van der Waals surface area contributed by atoms with Crippen LogP contribution in [0, 0.1) is 5.92 Å². The number of allylic oxidation sites excluding steroid dienone is 2. The summed E-state index contributed by atoms with van der Waals surface area (Å²) >= 11 is 0. The molecule has 0 saturated heterocycles. The largest absolute Gasteiger partial charge is 0.497 e. The van der Waals surface area contributed by atoms with E-state index in [0.717, 1.165) is 5.57 Å². The molecule has 0 bridgehead atoms. The highest BCUT2D eigenvalue weighted by Crippen LogP contribution is 2.27. The van der Waals surface area contributed by atoms with E-state index in [-0.39, 0.29) is 28.8 Å². The van der Waals surface area contributed by atoms with Crippen LogP contribution in [0.2, 0.25) is 0 Å². The van der Waals surface area contributed by atoms with Gasteiger partial charge < -0.3 is 10.1 Å². The number of rotatable bonds is 7. The summed E-state index contributed by atoms with van der Waals surface area (Å²) < 4.78 is 46.2. The first-order valence-electron chi connectivity index (χ1n) is 10.3. The highest BCUT2D eigenvalue weighted by Gasteiger charge is 2.30. The zero-order valence-corrected chi connectivity index (χ0v) is 18.1. The zero-order valence-electron chi connectivity index (χ0n) is 17.3. The van der Waals surface area contributed by atoms with E-state index >= 15 is 0 Å². The van der Waals surface area contributed by atoms with Crippen LogP contribution >= 0.6 is 0 Å². The number of carbonyl (C=O) groups excluding carboxylic acids is 1. The molecule has 0 aliphatic heterocycles. The fourth-order valence-corrected chi connectivity index (χ4v) is 5.17. The summed E-state index contributed by atoms with van der Waals surface area (Å²) in [6, 6.07) is 5.89. The summed E-state index contributed by atoms with van der Waals surface area (Å²) in [5.74, 6) is 0.422. The van der Waals surface area contributed by atoms with Gasteiger partial charge in [0.1, 0.15) is 11.9 Å². The molecule has 2 aliphatic rings. The molecule has 1 aromatic carbocycles. The Morgan fingerprint density at radius 1 is 1.17 bits per heavy atom. The van der Waals surface area contributed by atoms with Crippen molar-refractivity contribution in [3.8, 4) is 5.75 Å². The summed E-state index contributed by atoms with van der Waals surface area (Å²) in [5.41, 5.74) is 0.915. The molecule has 6 nitrogen and oxygen atoms in total. The number of hydrogen-bond donors (Lipinski definition) is 2. The number of hydrogen-bond acceptors (Lipinski definition) is 4. The van der Waals surface area contributed by atoms with Crippen LogP contribution in [-0.2, 0) is 14.8 Å². The summed E-state index contributed by atoms with van der Waals surface area (Å²) in [5, 5.41) is 3.00. The van der Waals surface area contributed by atoms with Crippen molar-refractivity contribution in [2.75, 3.05) is 7.11 Å². The first-order valence-corrected chi connectivity index (χ1v) is 11.8. The normalized spacial score (nSPS) is 25.3. The number of amides is 1. The Hall–Kier alpha value is -2.19. The van der Waals surface area contributed by atoms with Crippen LogP contribution < -0.4 is 14.8 Å². The molecule has 1 aromatic rings. The Morgan fingerprint density at radius 2 is 1.83 bits per heavy atom. The Bertz CT molecular complexity index is 904. The quantitative estimate of drug-likeness (QED) is 0.687. The van der Waals surface area contributed by atoms with Gasteiger partial charge in [-0.05, 0) is 62.4 Å². The van der Waals surface area contributed by atoms with Gasteiger partial charge in [0, 0.05) is 18.4 Å². The number of sulfonamides is 1. The van der Waals surface area contributed by atoms with Crippen molar-refractivity contribution in [2.24, 2.45) is 5.92 Å². The van der Waals surface area contributed by atoms with Crippen LogP contribution in [0.5, 0.6) is 5.75 Å². The monoisotopic (exact) mass is 436 g/mol. The maximum absolute atomic E-state index is 13.2. The molecule has 0 radical (unpaired) electrons. The van der Waals surface area contributed by atoms with Crippen molar-refractivity contribution in [3.63, 3.8) is 0 Å². The molecule has 2 N–H and O–H groups in total. The number of ether oxygens (including phenoxy) is 1. The second-order valence-corrected chi connectivity index (χ2v) is 9.60. The third-order valence-corrected chi connectivity index (χ3v) is 7.26. The summed E-state index contributed by atoms with van der Waals surface area (Å²) in [4.78, 5) is 12.8. The van der Waals surface area contributed by atoms with Crippen molar-refractivity contribution in [3.05, 3.63) is 48.1 Å². The molecule has 0 spiro atoms. The molecular formula is C22H29FN2O4S. The predicted molar refractivity (Wildman–Crippen MR) is 113 cm³/mol. The smallest absolute Gasteiger partial charge is 0.240 e. The molecule has 3 rings (SSSR count). The van der Waals surface area contributed by atoms with E-state index in [1.807, 2.05) is 13.0 Å². The van der Waals surface area contributed by atoms with Crippen LogP contribution in [0.4, 0.5) is 4.39 Å². The summed E-state index contributed by atoms with van der Waals surface area (Å²) in [6.07, 6.45) is 6.90. The van der Waals surface area contributed by atoms with Crippen molar-refractivity contribution in [1.82, 2.24) is 10.0 Å². The number of halogens is 1. The van der Waals surface area contributed by atoms with E-state index in [4.69, 9.17) is 4.74 Å². The van der Waals surface area contributed by atoms with Gasteiger partial charge in [-0.25, -0.2) is 17.5 Å². The van der Waals surface area contributed by atoms with Gasteiger partial charge in [0.25, 0.3) is 0 Å². The zero-order chi connectivity index (χ0) is 21.7. The minimum atomic E-state index is -3.61. The molecular weight excluding hydrogens is 407 g/mol. The SMILES string of the molecule is COc1ccc(S(=O)(=O)N[C@H]2CC[C@H](C(=O)N[C@H](C)C3=CCC(F)C=C3)CC2)cc1. The lowest BCUT2D eigenvalue weighted by atomic mass is 9.85. The topological polar surface area (TPSA) is 84.5 Å². The second-order valence-electron chi connectivity index (χ2n) is 7.89. The lowest BCUT2D eigenvalue weighted by Crippen LogP contribution is -2.43. The molecule has 1 amide bonds. The van der Waals surface area contributed by atoms with Gasteiger partial charge in [0.05, 0.1) is 18.0 Å². The van der Waals surface area contributed by atoms with Crippen molar-refractivity contribution < 1.29 is 22.3 Å². The van der Waals surface area contributed by atoms with Crippen molar-refractivity contribution in [1.29, 1.82) is 0 Å². The standard InChI is InChI=1S/C22H29FN2O4S/c1-15(16-3-7-18(23)8-4-16)24-22(26)17-5-9-19(10-6-17)25-30(27,28)21-13-11-20(29-2)12-14-21/h3-4,7,11-15,17-19,25H,5-6,8-10H2,1-2H3,(H,24,26)/t15-,17-,18?,19-/m1/s1. The average Bonchev–Trinajstić information content (AvgIpc) is 2.74. The Morgan fingerprint density at radius 3 is 2.40 bits per heavy atom. The molecule has 30 heavy (non-hydrogen) atoms. The molecule has 2 aliphatic carbocycles. The van der Waals surface area contributed by atoms with E-state index in [1.54, 1.807) is 18.2 Å². The first kappa shape index (κ1) is 22.5. The van der Waals surface area contributed by atoms with Gasteiger partial charge in [-0.2, -0.15) is 0 Å². The lowest BCUT2D eigenvalue weighted by molar-refractivity contribution is -0.126. The van der Waals surface area contributed by atoms with E-state index in [1.165, 1.54) is 25.3 Å². The van der Waals surface area contributed by atoms with E-state index in [9.17, 15) is 17.6 Å². The van der Waals surface area contributed by atoms with Gasteiger partial charge in [-0.15, -0.1) is 0 Å². The second kappa shape index (κ2) is 9.75. The molecule has 1 saturated carbocycles. The fourth-order valence-electron chi connectivity index (χ4n) is 3.86. The average molecular weight is 437 g/mol. The van der Waals surface area contributed by atoms with Crippen LogP contribution in [0.3, 0.4) is 0 Å². The molecule has 8 heteroatoms. The van der Waals surface area contributed by atoms with Crippen LogP contribution in [0.25, 0.3) is 0 Å². The van der Waals surface area contributed by atoms with Crippen LogP contribution in [0.1, 0.15) is 39.0 Å². The number of methoxy groups -OCH3 is 1. The molecule has 2 atom stereocenters. The van der Waals surface area contributed by atoms with E-state index in [2.05, 4.69) is 10.0 Å². The first-order chi connectivity index (χ1) is 14.3. The fraction of sp³-hybridized carbons (Fsp3) is 0.500. The van der Waals surface area contributed by atoms with Gasteiger partial charge in [0.2, 0.25) is 15.9 Å². The van der Waals surface area contributed by atoms with E-state index < -0.39 is 16.2 Å².